The number of benzene rings is 2. The molecular weight excluding hydrogens is 340 g/mol. The Morgan fingerprint density at radius 3 is 2.08 bits per heavy atom. The van der Waals surface area contributed by atoms with E-state index in [1.807, 2.05) is 51.1 Å². The number of nitrogens with zero attached hydrogens (tertiary/aromatic N) is 1. The van der Waals surface area contributed by atoms with E-state index in [2.05, 4.69) is 0 Å². The van der Waals surface area contributed by atoms with Gasteiger partial charge in [0.15, 0.2) is 6.61 Å². The lowest BCUT2D eigenvalue weighted by molar-refractivity contribution is -0.140. The molecule has 0 aliphatic heterocycles. The summed E-state index contributed by atoms with van der Waals surface area (Å²) in [5, 5.41) is 0. The number of carbonyl (C=O) groups excluding carboxylic acids is 2. The lowest BCUT2D eigenvalue weighted by atomic mass is 10.0. The highest BCUT2D eigenvalue weighted by atomic mass is 19.1. The van der Waals surface area contributed by atoms with Gasteiger partial charge in [0, 0.05) is 12.1 Å². The molecule has 0 heterocycles. The van der Waals surface area contributed by atoms with Gasteiger partial charge in [-0.15, -0.1) is 0 Å². The van der Waals surface area contributed by atoms with Crippen LogP contribution >= 0.6 is 0 Å². The lowest BCUT2D eigenvalue weighted by Gasteiger charge is -2.35. The first-order chi connectivity index (χ1) is 12.2. The molecule has 0 spiro atoms. The first-order valence-electron chi connectivity index (χ1n) is 8.15. The summed E-state index contributed by atoms with van der Waals surface area (Å²) >= 11 is 0. The summed E-state index contributed by atoms with van der Waals surface area (Å²) in [6.07, 6.45) is 0. The van der Waals surface area contributed by atoms with E-state index in [1.165, 1.54) is 0 Å². The average molecular weight is 361 g/mol. The largest absolute Gasteiger partial charge is 0.452 e. The second kappa shape index (κ2) is 8.08. The van der Waals surface area contributed by atoms with Crippen molar-refractivity contribution in [1.29, 1.82) is 0 Å². The number of carbonyl (C=O) groups is 2. The van der Waals surface area contributed by atoms with Gasteiger partial charge in [-0.2, -0.15) is 0 Å². The maximum absolute atomic E-state index is 13.6. The lowest BCUT2D eigenvalue weighted by Crippen LogP contribution is -2.46. The zero-order valence-corrected chi connectivity index (χ0v) is 15.0. The summed E-state index contributed by atoms with van der Waals surface area (Å²) in [7, 11) is 0. The Kier molecular flexibility index (Phi) is 6.08. The fourth-order valence-electron chi connectivity index (χ4n) is 2.44. The Morgan fingerprint density at radius 1 is 0.962 bits per heavy atom. The number of hydrogen-bond donors (Lipinski definition) is 0. The number of halogens is 2. The monoisotopic (exact) mass is 361 g/mol. The second-order valence-corrected chi connectivity index (χ2v) is 6.81. The van der Waals surface area contributed by atoms with E-state index in [1.54, 1.807) is 4.90 Å². The van der Waals surface area contributed by atoms with Crippen molar-refractivity contribution in [3.05, 3.63) is 71.3 Å². The highest BCUT2D eigenvalue weighted by Crippen LogP contribution is 2.18. The van der Waals surface area contributed by atoms with Crippen LogP contribution in [0.2, 0.25) is 0 Å². The molecule has 2 aromatic rings. The Labute approximate surface area is 151 Å². The van der Waals surface area contributed by atoms with E-state index in [0.29, 0.717) is 6.54 Å². The summed E-state index contributed by atoms with van der Waals surface area (Å²) in [6.45, 7) is 5.29. The minimum atomic E-state index is -1.21. The molecule has 0 atom stereocenters. The van der Waals surface area contributed by atoms with Gasteiger partial charge in [-0.1, -0.05) is 36.4 Å². The molecule has 4 nitrogen and oxygen atoms in total. The summed E-state index contributed by atoms with van der Waals surface area (Å²) in [5.74, 6) is -3.72. The van der Waals surface area contributed by atoms with Gasteiger partial charge in [0.05, 0.1) is 0 Å². The zero-order valence-electron chi connectivity index (χ0n) is 15.0. The van der Waals surface area contributed by atoms with E-state index in [9.17, 15) is 18.4 Å². The predicted molar refractivity (Wildman–Crippen MR) is 93.4 cm³/mol. The molecule has 0 unspecified atom stereocenters. The maximum atomic E-state index is 13.6. The van der Waals surface area contributed by atoms with Crippen LogP contribution < -0.4 is 0 Å². The highest BCUT2D eigenvalue weighted by molar-refractivity contribution is 5.91. The minimum Gasteiger partial charge on any atom is -0.452 e. The molecule has 0 saturated carbocycles. The first kappa shape index (κ1) is 19.6. The third-order valence-corrected chi connectivity index (χ3v) is 3.79. The Hall–Kier alpha value is -2.76. The van der Waals surface area contributed by atoms with E-state index in [4.69, 9.17) is 4.74 Å². The van der Waals surface area contributed by atoms with Crippen LogP contribution in [0.15, 0.2) is 48.5 Å². The van der Waals surface area contributed by atoms with Gasteiger partial charge < -0.3 is 9.64 Å². The molecule has 0 radical (unpaired) electrons. The van der Waals surface area contributed by atoms with Gasteiger partial charge >= 0.3 is 5.97 Å². The fourth-order valence-corrected chi connectivity index (χ4v) is 2.44. The van der Waals surface area contributed by atoms with Gasteiger partial charge in [0.25, 0.3) is 5.91 Å². The summed E-state index contributed by atoms with van der Waals surface area (Å²) in [5.41, 5.74) is -0.407. The SMILES string of the molecule is CC(C)(C)N(Cc1ccccc1)C(=O)COC(=O)c1c(F)cccc1F. The Balaban J connectivity index is 2.09. The molecule has 0 aliphatic rings. The van der Waals surface area contributed by atoms with Crippen molar-refractivity contribution in [2.45, 2.75) is 32.9 Å². The van der Waals surface area contributed by atoms with Gasteiger partial charge in [0.2, 0.25) is 0 Å². The van der Waals surface area contributed by atoms with Crippen LogP contribution in [-0.2, 0) is 16.1 Å². The molecule has 0 fully saturated rings. The van der Waals surface area contributed by atoms with Crippen molar-refractivity contribution in [2.75, 3.05) is 6.61 Å². The number of hydrogen-bond acceptors (Lipinski definition) is 3. The quantitative estimate of drug-likeness (QED) is 0.758. The van der Waals surface area contributed by atoms with E-state index in [-0.39, 0.29) is 0 Å². The van der Waals surface area contributed by atoms with Crippen molar-refractivity contribution in [3.63, 3.8) is 0 Å². The molecule has 0 aromatic heterocycles. The number of esters is 1. The van der Waals surface area contributed by atoms with Crippen LogP contribution in [0.1, 0.15) is 36.7 Å². The fraction of sp³-hybridized carbons (Fsp3) is 0.300. The van der Waals surface area contributed by atoms with Crippen molar-refractivity contribution < 1.29 is 23.1 Å². The third-order valence-electron chi connectivity index (χ3n) is 3.79. The van der Waals surface area contributed by atoms with Crippen LogP contribution in [0.4, 0.5) is 8.78 Å². The van der Waals surface area contributed by atoms with Crippen LogP contribution in [0.25, 0.3) is 0 Å². The van der Waals surface area contributed by atoms with Crippen LogP contribution in [0, 0.1) is 11.6 Å². The molecule has 0 N–H and O–H groups in total. The average Bonchev–Trinajstić information content (AvgIpc) is 2.57. The summed E-state index contributed by atoms with van der Waals surface area (Å²) < 4.78 is 32.1. The molecule has 2 rings (SSSR count). The molecule has 2 aromatic carbocycles. The van der Waals surface area contributed by atoms with Gasteiger partial charge in [-0.25, -0.2) is 13.6 Å². The Morgan fingerprint density at radius 2 is 1.54 bits per heavy atom. The first-order valence-corrected chi connectivity index (χ1v) is 8.15. The number of ether oxygens (including phenoxy) is 1. The molecule has 0 saturated heterocycles. The highest BCUT2D eigenvalue weighted by Gasteiger charge is 2.28. The van der Waals surface area contributed by atoms with Crippen molar-refractivity contribution in [2.24, 2.45) is 0 Å². The van der Waals surface area contributed by atoms with E-state index >= 15 is 0 Å². The van der Waals surface area contributed by atoms with Crippen molar-refractivity contribution in [1.82, 2.24) is 4.90 Å². The second-order valence-electron chi connectivity index (χ2n) is 6.81. The third kappa shape index (κ3) is 4.88. The topological polar surface area (TPSA) is 46.6 Å². The van der Waals surface area contributed by atoms with Gasteiger partial charge in [-0.3, -0.25) is 4.79 Å². The molecule has 138 valence electrons. The van der Waals surface area contributed by atoms with Gasteiger partial charge in [-0.05, 0) is 38.5 Å². The number of rotatable bonds is 5. The molecule has 1 amide bonds. The Bertz CT molecular complexity index is 765. The van der Waals surface area contributed by atoms with Crippen LogP contribution in [0.3, 0.4) is 0 Å². The van der Waals surface area contributed by atoms with E-state index < -0.39 is 41.2 Å². The van der Waals surface area contributed by atoms with Crippen molar-refractivity contribution >= 4 is 11.9 Å². The summed E-state index contributed by atoms with van der Waals surface area (Å²) in [6, 6.07) is 12.4. The molecule has 0 bridgehead atoms. The molecule has 26 heavy (non-hydrogen) atoms. The van der Waals surface area contributed by atoms with Gasteiger partial charge in [0.1, 0.15) is 17.2 Å². The van der Waals surface area contributed by atoms with Crippen molar-refractivity contribution in [3.8, 4) is 0 Å². The zero-order chi connectivity index (χ0) is 19.3. The van der Waals surface area contributed by atoms with Crippen LogP contribution in [-0.4, -0.2) is 28.9 Å². The summed E-state index contributed by atoms with van der Waals surface area (Å²) in [4.78, 5) is 26.1. The normalized spacial score (nSPS) is 11.1. The molecule has 0 aliphatic carbocycles. The smallest absolute Gasteiger partial charge is 0.344 e. The molecule has 6 heteroatoms. The van der Waals surface area contributed by atoms with Crippen LogP contribution in [0.5, 0.6) is 0 Å². The van der Waals surface area contributed by atoms with E-state index in [0.717, 1.165) is 23.8 Å². The molecular formula is C20H21F2NO3. The standard InChI is InChI=1S/C20H21F2NO3/c1-20(2,3)23(12-14-8-5-4-6-9-14)17(24)13-26-19(25)18-15(21)10-7-11-16(18)22/h4-11H,12-13H2,1-3H3. The number of amides is 1. The maximum Gasteiger partial charge on any atom is 0.344 e. The minimum absolute atomic E-state index is 0.328. The predicted octanol–water partition coefficient (Wildman–Crippen LogP) is 3.95.